The van der Waals surface area contributed by atoms with Gasteiger partial charge in [0.25, 0.3) is 0 Å². The van der Waals surface area contributed by atoms with Crippen LogP contribution in [-0.2, 0) is 21.4 Å². The molecular formula is C36H40N4O7. The van der Waals surface area contributed by atoms with E-state index in [4.69, 9.17) is 18.6 Å². The van der Waals surface area contributed by atoms with Gasteiger partial charge in [0.05, 0.1) is 6.10 Å². The number of hydrogen-bond donors (Lipinski definition) is 4. The lowest BCUT2D eigenvalue weighted by Crippen LogP contribution is -2.41. The Hall–Kier alpha value is -4.48. The number of anilines is 1. The second-order valence-electron chi connectivity index (χ2n) is 13.5. The number of rotatable bonds is 8. The van der Waals surface area contributed by atoms with Crippen molar-refractivity contribution in [2.45, 2.75) is 83.8 Å². The third-order valence-electron chi connectivity index (χ3n) is 9.69. The van der Waals surface area contributed by atoms with E-state index in [9.17, 15) is 19.8 Å². The molecule has 6 atom stereocenters. The zero-order valence-electron chi connectivity index (χ0n) is 27.1. The molecule has 0 aliphatic carbocycles. The largest absolute Gasteiger partial charge is 0.469 e. The van der Waals surface area contributed by atoms with Crippen molar-refractivity contribution < 1.29 is 33.4 Å². The lowest BCUT2D eigenvalue weighted by atomic mass is 9.72. The Bertz CT molecular complexity index is 1840. The molecule has 1 spiro atoms. The number of para-hydroxylation sites is 1. The predicted octanol–water partition coefficient (Wildman–Crippen LogP) is 5.21. The van der Waals surface area contributed by atoms with E-state index >= 15 is 0 Å². The van der Waals surface area contributed by atoms with Gasteiger partial charge >= 0.3 is 0 Å². The van der Waals surface area contributed by atoms with Crippen molar-refractivity contribution in [3.63, 3.8) is 0 Å². The number of carbonyl (C=O) groups is 2. The first-order valence-corrected chi connectivity index (χ1v) is 16.3. The van der Waals surface area contributed by atoms with Gasteiger partial charge in [-0.1, -0.05) is 65.0 Å². The summed E-state index contributed by atoms with van der Waals surface area (Å²) in [6.45, 7) is 9.32. The number of benzene rings is 2. The number of aromatic nitrogens is 2. The average molecular weight is 641 g/mol. The zero-order valence-corrected chi connectivity index (χ0v) is 27.1. The monoisotopic (exact) mass is 640 g/mol. The fourth-order valence-corrected chi connectivity index (χ4v) is 7.05. The number of aliphatic hydroxyl groups is 2. The maximum atomic E-state index is 14.0. The molecule has 246 valence electrons. The fraction of sp³-hybridized carbons (Fsp3) is 0.444. The van der Waals surface area contributed by atoms with E-state index < -0.39 is 35.8 Å². The third-order valence-corrected chi connectivity index (χ3v) is 9.69. The highest BCUT2D eigenvalue weighted by Gasteiger charge is 2.61. The molecule has 5 heterocycles. The van der Waals surface area contributed by atoms with Gasteiger partial charge in [0.1, 0.15) is 35.3 Å². The van der Waals surface area contributed by atoms with Crippen LogP contribution < -0.4 is 15.4 Å². The van der Waals surface area contributed by atoms with Gasteiger partial charge in [0.15, 0.2) is 23.5 Å². The number of oxazole rings is 2. The molecule has 11 heteroatoms. The van der Waals surface area contributed by atoms with Gasteiger partial charge < -0.3 is 34.4 Å². The lowest BCUT2D eigenvalue weighted by molar-refractivity contribution is -0.135. The van der Waals surface area contributed by atoms with Crippen molar-refractivity contribution in [2.75, 3.05) is 5.32 Å². The Balaban J connectivity index is 1.47. The van der Waals surface area contributed by atoms with Crippen molar-refractivity contribution in [3.05, 3.63) is 82.8 Å². The van der Waals surface area contributed by atoms with Crippen molar-refractivity contribution in [2.24, 2.45) is 17.8 Å². The highest BCUT2D eigenvalue weighted by molar-refractivity contribution is 5.89. The Morgan fingerprint density at radius 1 is 1.06 bits per heavy atom. The van der Waals surface area contributed by atoms with Crippen molar-refractivity contribution in [1.29, 1.82) is 0 Å². The summed E-state index contributed by atoms with van der Waals surface area (Å²) in [6.07, 6.45) is -0.555. The molecule has 0 fully saturated rings. The Labute approximate surface area is 272 Å². The number of Topliss-reactive ketones (excluding diaryl/α,β-unsaturated/α-hetero) is 1. The van der Waals surface area contributed by atoms with Gasteiger partial charge in [-0.2, -0.15) is 0 Å². The highest BCUT2D eigenvalue weighted by atomic mass is 16.5. The summed E-state index contributed by atoms with van der Waals surface area (Å²) < 4.78 is 19.4. The number of ether oxygens (including phenoxy) is 1. The standard InChI is InChI=1S/C36H40N4O7/c1-6-25(41)24-16-45-33(37-24)29-31-36-21-9-7-8-10-23(21)38-35(36)46-27-12-11-19(14-22(27)36)13-20(15-26(42)30(43)18(4)5)32(44)39-28(17(2)3)34(40-29)47-31/h7-12,14,16-18,20,25,28,30,35,38,41,43H,6,13,15H2,1-5H3,(H,39,44)/t20-,25?,28+,30+,35+,36?/m1/s1. The van der Waals surface area contributed by atoms with Crippen LogP contribution in [0.1, 0.15) is 93.6 Å². The van der Waals surface area contributed by atoms with E-state index in [0.717, 1.165) is 22.4 Å². The molecule has 2 aromatic carbocycles. The van der Waals surface area contributed by atoms with Crippen LogP contribution in [0.2, 0.25) is 0 Å². The first-order chi connectivity index (χ1) is 22.5. The van der Waals surface area contributed by atoms with Crippen LogP contribution >= 0.6 is 0 Å². The molecule has 4 aromatic rings. The topological polar surface area (TPSA) is 160 Å². The molecule has 3 aliphatic rings. The van der Waals surface area contributed by atoms with Gasteiger partial charge in [0.2, 0.25) is 17.7 Å². The number of nitrogens with one attached hydrogen (secondary N) is 2. The van der Waals surface area contributed by atoms with E-state index in [2.05, 4.69) is 15.6 Å². The van der Waals surface area contributed by atoms with Gasteiger partial charge in [-0.3, -0.25) is 9.59 Å². The van der Waals surface area contributed by atoms with Crippen LogP contribution in [0, 0.1) is 17.8 Å². The minimum absolute atomic E-state index is 0.122. The molecule has 7 rings (SSSR count). The molecule has 4 N–H and O–H groups in total. The predicted molar refractivity (Wildman–Crippen MR) is 171 cm³/mol. The number of fused-ring (bicyclic) bond motifs is 4. The summed E-state index contributed by atoms with van der Waals surface area (Å²) in [4.78, 5) is 36.8. The van der Waals surface area contributed by atoms with Crippen LogP contribution in [0.4, 0.5) is 5.69 Å². The number of amides is 1. The first kappa shape index (κ1) is 31.1. The molecule has 3 aliphatic heterocycles. The SMILES string of the molecule is CCC(O)c1coc(-c2nc3oc2C24c5ccccc5N[C@H]2Oc2ccc(cc24)C[C@H](CC(=O)[C@@H](O)C(C)C)C(=O)N[C@H]3C(C)C)n1. The number of nitrogens with zero attached hydrogens (tertiary/aromatic N) is 2. The molecule has 2 aromatic heterocycles. The first-order valence-electron chi connectivity index (χ1n) is 16.3. The van der Waals surface area contributed by atoms with E-state index in [1.165, 1.54) is 6.26 Å². The highest BCUT2D eigenvalue weighted by Crippen LogP contribution is 2.59. The summed E-state index contributed by atoms with van der Waals surface area (Å²) in [6, 6.07) is 13.1. The second-order valence-corrected chi connectivity index (χ2v) is 13.5. The maximum Gasteiger partial charge on any atom is 0.249 e. The minimum atomic E-state index is -1.17. The van der Waals surface area contributed by atoms with E-state index in [-0.39, 0.29) is 48.1 Å². The molecule has 47 heavy (non-hydrogen) atoms. The van der Waals surface area contributed by atoms with Crippen molar-refractivity contribution >= 4 is 17.4 Å². The Morgan fingerprint density at radius 3 is 2.60 bits per heavy atom. The smallest absolute Gasteiger partial charge is 0.249 e. The van der Waals surface area contributed by atoms with E-state index in [1.807, 2.05) is 63.2 Å². The van der Waals surface area contributed by atoms with Crippen LogP contribution in [0.5, 0.6) is 5.75 Å². The third kappa shape index (κ3) is 4.94. The molecule has 0 saturated carbocycles. The van der Waals surface area contributed by atoms with Gasteiger partial charge in [0, 0.05) is 23.6 Å². The average Bonchev–Trinajstić information content (AvgIpc) is 3.83. The van der Waals surface area contributed by atoms with Gasteiger partial charge in [-0.15, -0.1) is 0 Å². The van der Waals surface area contributed by atoms with Gasteiger partial charge in [-0.05, 0) is 47.9 Å². The normalized spacial score (nSPS) is 24.0. The minimum Gasteiger partial charge on any atom is -0.469 e. The molecule has 0 radical (unpaired) electrons. The Morgan fingerprint density at radius 2 is 1.85 bits per heavy atom. The van der Waals surface area contributed by atoms with Crippen LogP contribution in [0.25, 0.3) is 11.6 Å². The van der Waals surface area contributed by atoms with Crippen LogP contribution in [0.3, 0.4) is 0 Å². The molecule has 0 saturated heterocycles. The number of hydrogen-bond acceptors (Lipinski definition) is 10. The fourth-order valence-electron chi connectivity index (χ4n) is 7.05. The van der Waals surface area contributed by atoms with Crippen molar-refractivity contribution in [3.8, 4) is 17.3 Å². The van der Waals surface area contributed by atoms with Crippen LogP contribution in [-0.4, -0.2) is 44.2 Å². The maximum absolute atomic E-state index is 14.0. The number of ketones is 1. The molecule has 1 amide bonds. The zero-order chi connectivity index (χ0) is 33.2. The van der Waals surface area contributed by atoms with E-state index in [1.54, 1.807) is 13.8 Å². The molecule has 2 unspecified atom stereocenters. The van der Waals surface area contributed by atoms with Gasteiger partial charge in [-0.25, -0.2) is 9.97 Å². The number of carbonyl (C=O) groups excluding carboxylic acids is 2. The Kier molecular flexibility index (Phi) is 7.71. The van der Waals surface area contributed by atoms with E-state index in [0.29, 0.717) is 29.3 Å². The second kappa shape index (κ2) is 11.6. The lowest BCUT2D eigenvalue weighted by Gasteiger charge is -2.28. The van der Waals surface area contributed by atoms with Crippen LogP contribution in [0.15, 0.2) is 57.6 Å². The quantitative estimate of drug-likeness (QED) is 0.201. The summed E-state index contributed by atoms with van der Waals surface area (Å²) in [5, 5.41) is 27.8. The molecular weight excluding hydrogens is 600 g/mol. The summed E-state index contributed by atoms with van der Waals surface area (Å²) in [5.74, 6) is -0.385. The number of aliphatic hydroxyl groups excluding tert-OH is 2. The molecule has 11 nitrogen and oxygen atoms in total. The molecule has 4 bridgehead atoms. The van der Waals surface area contributed by atoms with Crippen molar-refractivity contribution in [1.82, 2.24) is 15.3 Å². The summed E-state index contributed by atoms with van der Waals surface area (Å²) >= 11 is 0. The summed E-state index contributed by atoms with van der Waals surface area (Å²) in [5.41, 5.74) is 3.13. The summed E-state index contributed by atoms with van der Waals surface area (Å²) in [7, 11) is 0.